The van der Waals surface area contributed by atoms with Gasteiger partial charge in [-0.3, -0.25) is 4.79 Å². The Labute approximate surface area is 129 Å². The van der Waals surface area contributed by atoms with Crippen LogP contribution in [0.3, 0.4) is 0 Å². The predicted octanol–water partition coefficient (Wildman–Crippen LogP) is 3.04. The molecule has 8 heteroatoms. The molecule has 1 aromatic rings. The number of benzene rings is 1. The van der Waals surface area contributed by atoms with Gasteiger partial charge in [-0.2, -0.15) is 0 Å². The summed E-state index contributed by atoms with van der Waals surface area (Å²) in [5.74, 6) is -1.79. The average Bonchev–Trinajstić information content (AvgIpc) is 2.87. The SMILES string of the molecule is CC1(C)CC1NC(=O)c1cc(Br)cc(S(=O)(=O)Cl)c1F. The molecule has 2 rings (SSSR count). The molecule has 1 N–H and O–H groups in total. The summed E-state index contributed by atoms with van der Waals surface area (Å²) in [6.45, 7) is 3.95. The lowest BCUT2D eigenvalue weighted by atomic mass is 10.1. The second-order valence-corrected chi connectivity index (χ2v) is 8.87. The van der Waals surface area contributed by atoms with Crippen LogP contribution in [0.1, 0.15) is 30.6 Å². The molecule has 0 aliphatic heterocycles. The van der Waals surface area contributed by atoms with Gasteiger partial charge in [0.05, 0.1) is 5.56 Å². The Morgan fingerprint density at radius 2 is 2.05 bits per heavy atom. The molecule has 0 saturated heterocycles. The van der Waals surface area contributed by atoms with Gasteiger partial charge in [-0.15, -0.1) is 0 Å². The van der Waals surface area contributed by atoms with E-state index in [1.807, 2.05) is 13.8 Å². The largest absolute Gasteiger partial charge is 0.349 e. The fourth-order valence-electron chi connectivity index (χ4n) is 1.86. The number of hydrogen-bond acceptors (Lipinski definition) is 3. The molecule has 1 aromatic carbocycles. The molecule has 1 aliphatic carbocycles. The smallest absolute Gasteiger partial charge is 0.264 e. The van der Waals surface area contributed by atoms with Crippen molar-refractivity contribution in [1.82, 2.24) is 5.32 Å². The fourth-order valence-corrected chi connectivity index (χ4v) is 3.39. The lowest BCUT2D eigenvalue weighted by Gasteiger charge is -2.10. The molecule has 0 heterocycles. The lowest BCUT2D eigenvalue weighted by molar-refractivity contribution is 0.0941. The molecule has 0 bridgehead atoms. The highest BCUT2D eigenvalue weighted by molar-refractivity contribution is 9.10. The molecule has 4 nitrogen and oxygen atoms in total. The standard InChI is InChI=1S/C12H12BrClFNO3S/c1-12(2)5-9(12)16-11(17)7-3-6(13)4-8(10(7)15)20(14,18)19/h3-4,9H,5H2,1-2H3,(H,16,17). The Morgan fingerprint density at radius 1 is 1.50 bits per heavy atom. The summed E-state index contributed by atoms with van der Waals surface area (Å²) in [7, 11) is 0.895. The Kier molecular flexibility index (Phi) is 3.90. The van der Waals surface area contributed by atoms with Gasteiger partial charge in [0.15, 0.2) is 5.82 Å². The van der Waals surface area contributed by atoms with Gasteiger partial charge < -0.3 is 5.32 Å². The van der Waals surface area contributed by atoms with E-state index in [9.17, 15) is 17.6 Å². The highest BCUT2D eigenvalue weighted by atomic mass is 79.9. The van der Waals surface area contributed by atoms with E-state index in [0.29, 0.717) is 0 Å². The van der Waals surface area contributed by atoms with E-state index in [-0.39, 0.29) is 21.5 Å². The van der Waals surface area contributed by atoms with Crippen LogP contribution in [0.15, 0.2) is 21.5 Å². The van der Waals surface area contributed by atoms with Gasteiger partial charge in [0.2, 0.25) is 0 Å². The average molecular weight is 385 g/mol. The van der Waals surface area contributed by atoms with E-state index in [2.05, 4.69) is 21.2 Å². The van der Waals surface area contributed by atoms with Crippen LogP contribution in [0.5, 0.6) is 0 Å². The summed E-state index contributed by atoms with van der Waals surface area (Å²) < 4.78 is 37.0. The van der Waals surface area contributed by atoms with Crippen molar-refractivity contribution in [2.75, 3.05) is 0 Å². The number of rotatable bonds is 3. The van der Waals surface area contributed by atoms with Crippen LogP contribution in [0.25, 0.3) is 0 Å². The van der Waals surface area contributed by atoms with Crippen molar-refractivity contribution in [1.29, 1.82) is 0 Å². The van der Waals surface area contributed by atoms with E-state index in [1.165, 1.54) is 6.07 Å². The molecule has 20 heavy (non-hydrogen) atoms. The minimum Gasteiger partial charge on any atom is -0.349 e. The quantitative estimate of drug-likeness (QED) is 0.815. The first kappa shape index (κ1) is 15.7. The molecule has 1 amide bonds. The molecule has 110 valence electrons. The first-order valence-electron chi connectivity index (χ1n) is 5.77. The van der Waals surface area contributed by atoms with Crippen LogP contribution in [-0.4, -0.2) is 20.4 Å². The summed E-state index contributed by atoms with van der Waals surface area (Å²) in [5, 5.41) is 2.67. The molecule has 1 aliphatic rings. The van der Waals surface area contributed by atoms with Crippen molar-refractivity contribution in [3.63, 3.8) is 0 Å². The molecule has 1 saturated carbocycles. The van der Waals surface area contributed by atoms with Gasteiger partial charge >= 0.3 is 0 Å². The number of halogens is 3. The number of amides is 1. The third-order valence-corrected chi connectivity index (χ3v) is 5.11. The van der Waals surface area contributed by atoms with Crippen LogP contribution in [-0.2, 0) is 9.05 Å². The number of carbonyl (C=O) groups excluding carboxylic acids is 1. The van der Waals surface area contributed by atoms with Crippen molar-refractivity contribution in [3.05, 3.63) is 28.0 Å². The zero-order chi connectivity index (χ0) is 15.3. The summed E-state index contributed by atoms with van der Waals surface area (Å²) in [4.78, 5) is 11.3. The predicted molar refractivity (Wildman–Crippen MR) is 76.8 cm³/mol. The summed E-state index contributed by atoms with van der Waals surface area (Å²) in [6.07, 6.45) is 0.801. The van der Waals surface area contributed by atoms with E-state index in [0.717, 1.165) is 12.5 Å². The van der Waals surface area contributed by atoms with Crippen molar-refractivity contribution in [3.8, 4) is 0 Å². The second-order valence-electron chi connectivity index (χ2n) is 5.42. The summed E-state index contributed by atoms with van der Waals surface area (Å²) in [6, 6.07) is 2.21. The minimum atomic E-state index is -4.26. The summed E-state index contributed by atoms with van der Waals surface area (Å²) in [5.41, 5.74) is -0.360. The van der Waals surface area contributed by atoms with Gasteiger partial charge in [-0.05, 0) is 24.0 Å². The van der Waals surface area contributed by atoms with Crippen LogP contribution in [0, 0.1) is 11.2 Å². The summed E-state index contributed by atoms with van der Waals surface area (Å²) >= 11 is 3.04. The molecule has 1 fully saturated rings. The molecule has 1 atom stereocenters. The third kappa shape index (κ3) is 3.15. The van der Waals surface area contributed by atoms with Gasteiger partial charge in [0, 0.05) is 21.2 Å². The van der Waals surface area contributed by atoms with Gasteiger partial charge in [-0.1, -0.05) is 29.8 Å². The molecular formula is C12H12BrClFNO3S. The van der Waals surface area contributed by atoms with E-state index >= 15 is 0 Å². The van der Waals surface area contributed by atoms with E-state index in [1.54, 1.807) is 0 Å². The molecular weight excluding hydrogens is 373 g/mol. The van der Waals surface area contributed by atoms with E-state index < -0.39 is 25.7 Å². The van der Waals surface area contributed by atoms with Gasteiger partial charge in [0.1, 0.15) is 4.90 Å². The second kappa shape index (κ2) is 4.96. The third-order valence-electron chi connectivity index (χ3n) is 3.33. The topological polar surface area (TPSA) is 63.2 Å². The highest BCUT2D eigenvalue weighted by Gasteiger charge is 2.46. The monoisotopic (exact) mass is 383 g/mol. The normalized spacial score (nSPS) is 20.6. The van der Waals surface area contributed by atoms with Crippen molar-refractivity contribution >= 4 is 41.6 Å². The van der Waals surface area contributed by atoms with Crippen LogP contribution >= 0.6 is 26.6 Å². The highest BCUT2D eigenvalue weighted by Crippen LogP contribution is 2.44. The van der Waals surface area contributed by atoms with Crippen LogP contribution in [0.2, 0.25) is 0 Å². The Balaban J connectivity index is 2.37. The van der Waals surface area contributed by atoms with Gasteiger partial charge in [-0.25, -0.2) is 12.8 Å². The number of hydrogen-bond donors (Lipinski definition) is 1. The maximum Gasteiger partial charge on any atom is 0.264 e. The Bertz CT molecular complexity index is 690. The van der Waals surface area contributed by atoms with Crippen molar-refractivity contribution in [2.45, 2.75) is 31.2 Å². The Morgan fingerprint density at radius 3 is 2.50 bits per heavy atom. The minimum absolute atomic E-state index is 0.0143. The van der Waals surface area contributed by atoms with Crippen molar-refractivity contribution < 1.29 is 17.6 Å². The van der Waals surface area contributed by atoms with Crippen LogP contribution in [0.4, 0.5) is 4.39 Å². The number of nitrogens with one attached hydrogen (secondary N) is 1. The van der Waals surface area contributed by atoms with Crippen molar-refractivity contribution in [2.24, 2.45) is 5.41 Å². The lowest BCUT2D eigenvalue weighted by Crippen LogP contribution is -2.29. The maximum absolute atomic E-state index is 14.1. The van der Waals surface area contributed by atoms with Gasteiger partial charge in [0.25, 0.3) is 15.0 Å². The molecule has 1 unspecified atom stereocenters. The molecule has 0 aromatic heterocycles. The zero-order valence-corrected chi connectivity index (χ0v) is 13.9. The maximum atomic E-state index is 14.1. The fraction of sp³-hybridized carbons (Fsp3) is 0.417. The zero-order valence-electron chi connectivity index (χ0n) is 10.7. The van der Waals surface area contributed by atoms with Crippen LogP contribution < -0.4 is 5.32 Å². The Hall–Kier alpha value is -0.660. The molecule has 0 radical (unpaired) electrons. The first-order valence-corrected chi connectivity index (χ1v) is 8.87. The first-order chi connectivity index (χ1) is 9.02. The van der Waals surface area contributed by atoms with E-state index in [4.69, 9.17) is 10.7 Å². The number of carbonyl (C=O) groups is 1. The molecule has 0 spiro atoms.